The van der Waals surface area contributed by atoms with Crippen molar-refractivity contribution in [2.45, 2.75) is 39.8 Å². The first-order valence-electron chi connectivity index (χ1n) is 5.73. The highest BCUT2D eigenvalue weighted by Crippen LogP contribution is 2.12. The van der Waals surface area contributed by atoms with Gasteiger partial charge in [-0.2, -0.15) is 0 Å². The molecule has 1 amide bonds. The number of carboxylic acid groups (broad SMARTS) is 1. The smallest absolute Gasteiger partial charge is 0.356 e. The van der Waals surface area contributed by atoms with Crippen molar-refractivity contribution in [2.75, 3.05) is 0 Å². The van der Waals surface area contributed by atoms with E-state index in [-0.39, 0.29) is 23.5 Å². The number of aromatic nitrogens is 2. The lowest BCUT2D eigenvalue weighted by Gasteiger charge is -2.30. The van der Waals surface area contributed by atoms with Crippen LogP contribution in [0.3, 0.4) is 0 Å². The molecule has 0 aromatic carbocycles. The monoisotopic (exact) mass is 251 g/mol. The minimum absolute atomic E-state index is 0.0406. The van der Waals surface area contributed by atoms with Crippen molar-refractivity contribution in [3.05, 3.63) is 23.8 Å². The first-order chi connectivity index (χ1) is 8.36. The number of carboxylic acids is 1. The van der Waals surface area contributed by atoms with Crippen molar-refractivity contribution in [1.82, 2.24) is 14.9 Å². The molecule has 0 aliphatic rings. The molecule has 0 fully saturated rings. The summed E-state index contributed by atoms with van der Waals surface area (Å²) in [5.41, 5.74) is -0.429. The molecule has 1 heterocycles. The van der Waals surface area contributed by atoms with Crippen LogP contribution in [0.15, 0.2) is 12.4 Å². The Hall–Kier alpha value is -1.98. The van der Waals surface area contributed by atoms with Crippen LogP contribution < -0.4 is 0 Å². The zero-order valence-electron chi connectivity index (χ0n) is 10.9. The minimum atomic E-state index is -1.25. The molecule has 0 bridgehead atoms. The molecular formula is C12H17N3O3. The third-order valence-corrected chi connectivity index (χ3v) is 2.45. The Morgan fingerprint density at radius 3 is 1.89 bits per heavy atom. The topological polar surface area (TPSA) is 83.4 Å². The van der Waals surface area contributed by atoms with Crippen molar-refractivity contribution in [2.24, 2.45) is 0 Å². The Morgan fingerprint density at radius 1 is 1.06 bits per heavy atom. The molecule has 6 heteroatoms. The molecule has 0 aliphatic carbocycles. The fourth-order valence-electron chi connectivity index (χ4n) is 1.84. The predicted molar refractivity (Wildman–Crippen MR) is 65.4 cm³/mol. The molecular weight excluding hydrogens is 234 g/mol. The molecule has 0 aliphatic heterocycles. The largest absolute Gasteiger partial charge is 0.476 e. The molecule has 1 aromatic heterocycles. The van der Waals surface area contributed by atoms with Gasteiger partial charge in [-0.05, 0) is 27.7 Å². The highest BCUT2D eigenvalue weighted by atomic mass is 16.4. The Morgan fingerprint density at radius 2 is 1.50 bits per heavy atom. The minimum Gasteiger partial charge on any atom is -0.476 e. The Kier molecular flexibility index (Phi) is 4.36. The lowest BCUT2D eigenvalue weighted by molar-refractivity contribution is 0.0609. The summed E-state index contributed by atoms with van der Waals surface area (Å²) in [7, 11) is 0. The van der Waals surface area contributed by atoms with E-state index in [1.54, 1.807) is 4.90 Å². The van der Waals surface area contributed by atoms with Crippen molar-refractivity contribution in [1.29, 1.82) is 0 Å². The molecule has 1 rings (SSSR count). The van der Waals surface area contributed by atoms with E-state index in [1.807, 2.05) is 27.7 Å². The molecule has 0 unspecified atom stereocenters. The molecule has 0 spiro atoms. The third kappa shape index (κ3) is 2.82. The fourth-order valence-corrected chi connectivity index (χ4v) is 1.84. The van der Waals surface area contributed by atoms with Crippen molar-refractivity contribution in [3.8, 4) is 0 Å². The van der Waals surface area contributed by atoms with E-state index in [0.717, 1.165) is 0 Å². The number of rotatable bonds is 4. The van der Waals surface area contributed by atoms with Crippen LogP contribution >= 0.6 is 0 Å². The highest BCUT2D eigenvalue weighted by Gasteiger charge is 2.27. The lowest BCUT2D eigenvalue weighted by Crippen LogP contribution is -2.43. The molecule has 98 valence electrons. The van der Waals surface area contributed by atoms with Crippen molar-refractivity contribution < 1.29 is 14.7 Å². The van der Waals surface area contributed by atoms with Gasteiger partial charge < -0.3 is 10.0 Å². The van der Waals surface area contributed by atoms with E-state index in [9.17, 15) is 9.59 Å². The maximum absolute atomic E-state index is 12.3. The van der Waals surface area contributed by atoms with Gasteiger partial charge in [-0.1, -0.05) is 0 Å². The second-order valence-electron chi connectivity index (χ2n) is 4.46. The van der Waals surface area contributed by atoms with Crippen LogP contribution in [0.5, 0.6) is 0 Å². The Labute approximate surface area is 106 Å². The summed E-state index contributed by atoms with van der Waals surface area (Å²) in [6.45, 7) is 7.48. The van der Waals surface area contributed by atoms with Gasteiger partial charge in [0, 0.05) is 24.5 Å². The molecule has 6 nitrogen and oxygen atoms in total. The van der Waals surface area contributed by atoms with E-state index in [1.165, 1.54) is 12.4 Å². The van der Waals surface area contributed by atoms with E-state index in [2.05, 4.69) is 9.97 Å². The quantitative estimate of drug-likeness (QED) is 0.875. The number of amides is 1. The highest BCUT2D eigenvalue weighted by molar-refractivity contribution is 6.02. The average Bonchev–Trinajstić information content (AvgIpc) is 2.27. The number of carbonyl (C=O) groups excluding carboxylic acids is 1. The normalized spacial score (nSPS) is 10.8. The van der Waals surface area contributed by atoms with Crippen LogP contribution in [0.4, 0.5) is 0 Å². The van der Waals surface area contributed by atoms with E-state index >= 15 is 0 Å². The van der Waals surface area contributed by atoms with E-state index in [4.69, 9.17) is 5.11 Å². The van der Waals surface area contributed by atoms with Crippen LogP contribution in [-0.4, -0.2) is 43.9 Å². The van der Waals surface area contributed by atoms with Gasteiger partial charge in [0.2, 0.25) is 0 Å². The number of hydrogen-bond acceptors (Lipinski definition) is 4. The van der Waals surface area contributed by atoms with E-state index < -0.39 is 11.9 Å². The fraction of sp³-hybridized carbons (Fsp3) is 0.500. The standard InChI is InChI=1S/C12H17N3O3/c1-7(2)15(8(3)4)11(16)9-10(12(17)18)14-6-5-13-9/h5-8H,1-4H3,(H,17,18). The van der Waals surface area contributed by atoms with Gasteiger partial charge in [0.05, 0.1) is 0 Å². The van der Waals surface area contributed by atoms with Crippen LogP contribution in [0.25, 0.3) is 0 Å². The predicted octanol–water partition coefficient (Wildman–Crippen LogP) is 1.43. The van der Waals surface area contributed by atoms with Crippen LogP contribution in [-0.2, 0) is 0 Å². The summed E-state index contributed by atoms with van der Waals surface area (Å²) in [6.07, 6.45) is 2.58. The summed E-state index contributed by atoms with van der Waals surface area (Å²) in [5.74, 6) is -1.66. The number of nitrogens with zero attached hydrogens (tertiary/aromatic N) is 3. The summed E-state index contributed by atoms with van der Waals surface area (Å²) in [5, 5.41) is 9.00. The van der Waals surface area contributed by atoms with Gasteiger partial charge >= 0.3 is 5.97 Å². The molecule has 1 N–H and O–H groups in total. The zero-order valence-corrected chi connectivity index (χ0v) is 10.9. The van der Waals surface area contributed by atoms with Gasteiger partial charge in [0.1, 0.15) is 0 Å². The van der Waals surface area contributed by atoms with Gasteiger partial charge in [-0.15, -0.1) is 0 Å². The summed E-state index contributed by atoms with van der Waals surface area (Å²) in [4.78, 5) is 32.5. The molecule has 0 saturated heterocycles. The maximum Gasteiger partial charge on any atom is 0.356 e. The molecule has 1 aromatic rings. The summed E-state index contributed by atoms with van der Waals surface area (Å²) < 4.78 is 0. The van der Waals surface area contributed by atoms with Gasteiger partial charge in [0.25, 0.3) is 5.91 Å². The lowest BCUT2D eigenvalue weighted by atomic mass is 10.2. The zero-order chi connectivity index (χ0) is 13.9. The van der Waals surface area contributed by atoms with Crippen molar-refractivity contribution >= 4 is 11.9 Å². The first kappa shape index (κ1) is 14.1. The van der Waals surface area contributed by atoms with Crippen LogP contribution in [0, 0.1) is 0 Å². The molecule has 18 heavy (non-hydrogen) atoms. The Balaban J connectivity index is 3.21. The Bertz CT molecular complexity index is 450. The molecule has 0 radical (unpaired) electrons. The van der Waals surface area contributed by atoms with Gasteiger partial charge in [-0.3, -0.25) is 4.79 Å². The average molecular weight is 251 g/mol. The maximum atomic E-state index is 12.3. The van der Waals surface area contributed by atoms with Gasteiger partial charge in [-0.25, -0.2) is 14.8 Å². The molecule has 0 saturated carbocycles. The van der Waals surface area contributed by atoms with Crippen LogP contribution in [0.1, 0.15) is 48.7 Å². The van der Waals surface area contributed by atoms with E-state index in [0.29, 0.717) is 0 Å². The van der Waals surface area contributed by atoms with Gasteiger partial charge in [0.15, 0.2) is 11.4 Å². The number of hydrogen-bond donors (Lipinski definition) is 1. The number of aromatic carboxylic acids is 1. The summed E-state index contributed by atoms with van der Waals surface area (Å²) >= 11 is 0. The molecule has 0 atom stereocenters. The SMILES string of the molecule is CC(C)N(C(=O)c1nccnc1C(=O)O)C(C)C. The summed E-state index contributed by atoms with van der Waals surface area (Å²) in [6, 6.07) is -0.0812. The van der Waals surface area contributed by atoms with Crippen molar-refractivity contribution in [3.63, 3.8) is 0 Å². The first-order valence-corrected chi connectivity index (χ1v) is 5.73. The second-order valence-corrected chi connectivity index (χ2v) is 4.46. The second kappa shape index (κ2) is 5.57. The third-order valence-electron chi connectivity index (χ3n) is 2.45. The van der Waals surface area contributed by atoms with Crippen LogP contribution in [0.2, 0.25) is 0 Å². The number of carbonyl (C=O) groups is 2.